The predicted octanol–water partition coefficient (Wildman–Crippen LogP) is 1.55. The zero-order chi connectivity index (χ0) is 4.83. The SMILES string of the molecule is CSC#CCCl. The minimum absolute atomic E-state index is 0.445. The van der Waals surface area contributed by atoms with Gasteiger partial charge in [-0.1, -0.05) is 17.7 Å². The van der Waals surface area contributed by atoms with Crippen LogP contribution in [0.15, 0.2) is 0 Å². The molecule has 0 rings (SSSR count). The molecule has 0 aliphatic carbocycles. The maximum absolute atomic E-state index is 5.19. The van der Waals surface area contributed by atoms with Crippen molar-refractivity contribution in [3.8, 4) is 11.2 Å². The number of thioether (sulfide) groups is 1. The summed E-state index contributed by atoms with van der Waals surface area (Å²) in [4.78, 5) is 0. The van der Waals surface area contributed by atoms with Crippen LogP contribution in [0, 0.1) is 11.2 Å². The van der Waals surface area contributed by atoms with E-state index in [2.05, 4.69) is 11.2 Å². The van der Waals surface area contributed by atoms with E-state index in [4.69, 9.17) is 11.6 Å². The van der Waals surface area contributed by atoms with Crippen molar-refractivity contribution in [2.45, 2.75) is 0 Å². The van der Waals surface area contributed by atoms with Crippen LogP contribution in [0.3, 0.4) is 0 Å². The van der Waals surface area contributed by atoms with Gasteiger partial charge in [-0.15, -0.1) is 11.6 Å². The predicted molar refractivity (Wildman–Crippen MR) is 32.0 cm³/mol. The standard InChI is InChI=1S/C4H5ClS/c1-6-4-2-3-5/h3H2,1H3. The molecule has 0 radical (unpaired) electrons. The molecule has 0 amide bonds. The Bertz CT molecular complexity index is 61.4. The zero-order valence-electron chi connectivity index (χ0n) is 3.49. The second-order valence-corrected chi connectivity index (χ2v) is 1.50. The minimum atomic E-state index is 0.445. The summed E-state index contributed by atoms with van der Waals surface area (Å²) in [5.41, 5.74) is 0. The van der Waals surface area contributed by atoms with Crippen LogP contribution < -0.4 is 0 Å². The van der Waals surface area contributed by atoms with Crippen LogP contribution >= 0.6 is 23.4 Å². The number of alkyl halides is 1. The lowest BCUT2D eigenvalue weighted by molar-refractivity contribution is 1.93. The lowest BCUT2D eigenvalue weighted by atomic mass is 10.8. The van der Waals surface area contributed by atoms with Crippen molar-refractivity contribution >= 4 is 23.4 Å². The fourth-order valence-corrected chi connectivity index (χ4v) is 0.462. The van der Waals surface area contributed by atoms with E-state index < -0.39 is 0 Å². The summed E-state index contributed by atoms with van der Waals surface area (Å²) in [6, 6.07) is 0. The topological polar surface area (TPSA) is 0 Å². The van der Waals surface area contributed by atoms with Gasteiger partial charge in [0.25, 0.3) is 0 Å². The summed E-state index contributed by atoms with van der Waals surface area (Å²) in [6.45, 7) is 0. The Morgan fingerprint density at radius 3 is 2.67 bits per heavy atom. The molecular weight excluding hydrogens is 116 g/mol. The molecule has 0 aromatic heterocycles. The van der Waals surface area contributed by atoms with Gasteiger partial charge >= 0.3 is 0 Å². The van der Waals surface area contributed by atoms with Gasteiger partial charge in [-0.05, 0) is 11.5 Å². The molecule has 0 bridgehead atoms. The molecule has 0 aliphatic rings. The molecule has 0 saturated heterocycles. The lowest BCUT2D eigenvalue weighted by Gasteiger charge is -1.63. The normalized spacial score (nSPS) is 6.33. The average Bonchev–Trinajstić information content (AvgIpc) is 1.61. The van der Waals surface area contributed by atoms with E-state index in [0.717, 1.165) is 0 Å². The van der Waals surface area contributed by atoms with Gasteiger partial charge in [-0.3, -0.25) is 0 Å². The molecule has 0 nitrogen and oxygen atoms in total. The molecule has 0 atom stereocenters. The van der Waals surface area contributed by atoms with Gasteiger partial charge in [0, 0.05) is 0 Å². The van der Waals surface area contributed by atoms with Crippen molar-refractivity contribution in [2.75, 3.05) is 12.1 Å². The zero-order valence-corrected chi connectivity index (χ0v) is 5.07. The van der Waals surface area contributed by atoms with Crippen LogP contribution in [0.25, 0.3) is 0 Å². The molecule has 0 fully saturated rings. The first-order valence-corrected chi connectivity index (χ1v) is 3.24. The molecule has 0 spiro atoms. The quantitative estimate of drug-likeness (QED) is 0.345. The Labute approximate surface area is 47.3 Å². The maximum Gasteiger partial charge on any atom is 0.0844 e. The molecule has 0 aromatic carbocycles. The van der Waals surface area contributed by atoms with E-state index in [9.17, 15) is 0 Å². The molecular formula is C4H5ClS. The Hall–Kier alpha value is 0.200. The van der Waals surface area contributed by atoms with Crippen LogP contribution in [0.1, 0.15) is 0 Å². The summed E-state index contributed by atoms with van der Waals surface area (Å²) in [6.07, 6.45) is 1.92. The Morgan fingerprint density at radius 1 is 1.83 bits per heavy atom. The van der Waals surface area contributed by atoms with Gasteiger partial charge in [0.05, 0.1) is 5.88 Å². The summed E-state index contributed by atoms with van der Waals surface area (Å²) in [5, 5.41) is 2.73. The summed E-state index contributed by atoms with van der Waals surface area (Å²) in [5.74, 6) is 3.12. The first-order chi connectivity index (χ1) is 2.91. The van der Waals surface area contributed by atoms with Crippen LogP contribution in [0.2, 0.25) is 0 Å². The minimum Gasteiger partial charge on any atom is -0.113 e. The number of hydrogen-bond donors (Lipinski definition) is 0. The molecule has 0 aliphatic heterocycles. The largest absolute Gasteiger partial charge is 0.113 e. The third kappa shape index (κ3) is 4.20. The van der Waals surface area contributed by atoms with E-state index in [-0.39, 0.29) is 0 Å². The number of hydrogen-bond acceptors (Lipinski definition) is 1. The van der Waals surface area contributed by atoms with Gasteiger partial charge < -0.3 is 0 Å². The van der Waals surface area contributed by atoms with Crippen molar-refractivity contribution in [1.82, 2.24) is 0 Å². The molecule has 0 aromatic rings. The first-order valence-electron chi connectivity index (χ1n) is 1.48. The Kier molecular flexibility index (Phi) is 5.37. The average molecular weight is 121 g/mol. The van der Waals surface area contributed by atoms with E-state index >= 15 is 0 Å². The summed E-state index contributed by atoms with van der Waals surface area (Å²) >= 11 is 6.67. The highest BCUT2D eigenvalue weighted by atomic mass is 35.5. The van der Waals surface area contributed by atoms with Gasteiger partial charge in [0.1, 0.15) is 0 Å². The molecule has 34 valence electrons. The van der Waals surface area contributed by atoms with Gasteiger partial charge in [-0.25, -0.2) is 0 Å². The van der Waals surface area contributed by atoms with E-state index in [1.807, 2.05) is 6.26 Å². The van der Waals surface area contributed by atoms with Crippen molar-refractivity contribution in [3.63, 3.8) is 0 Å². The van der Waals surface area contributed by atoms with Gasteiger partial charge in [0.15, 0.2) is 0 Å². The Morgan fingerprint density at radius 2 is 2.50 bits per heavy atom. The molecule has 0 heterocycles. The highest BCUT2D eigenvalue weighted by Crippen LogP contribution is 1.83. The fourth-order valence-electron chi connectivity index (χ4n) is 0.0994. The monoisotopic (exact) mass is 120 g/mol. The smallest absolute Gasteiger partial charge is 0.0844 e. The van der Waals surface area contributed by atoms with Crippen LogP contribution in [0.5, 0.6) is 0 Å². The molecule has 2 heteroatoms. The summed E-state index contributed by atoms with van der Waals surface area (Å²) in [7, 11) is 0. The third-order valence-electron chi connectivity index (χ3n) is 0.241. The van der Waals surface area contributed by atoms with Crippen LogP contribution in [-0.4, -0.2) is 12.1 Å². The lowest BCUT2D eigenvalue weighted by Crippen LogP contribution is -1.53. The van der Waals surface area contributed by atoms with E-state index in [1.54, 1.807) is 0 Å². The fraction of sp³-hybridized carbons (Fsp3) is 0.500. The molecule has 0 N–H and O–H groups in total. The highest BCUT2D eigenvalue weighted by molar-refractivity contribution is 8.03. The maximum atomic E-state index is 5.19. The van der Waals surface area contributed by atoms with E-state index in [1.165, 1.54) is 11.8 Å². The summed E-state index contributed by atoms with van der Waals surface area (Å²) < 4.78 is 0. The second kappa shape index (κ2) is 5.20. The number of rotatable bonds is 0. The van der Waals surface area contributed by atoms with Crippen LogP contribution in [0.4, 0.5) is 0 Å². The Balaban J connectivity index is 2.90. The van der Waals surface area contributed by atoms with Crippen molar-refractivity contribution in [3.05, 3.63) is 0 Å². The third-order valence-corrected chi connectivity index (χ3v) is 0.723. The van der Waals surface area contributed by atoms with Crippen molar-refractivity contribution in [2.24, 2.45) is 0 Å². The molecule has 0 saturated carbocycles. The molecule has 6 heavy (non-hydrogen) atoms. The van der Waals surface area contributed by atoms with E-state index in [0.29, 0.717) is 5.88 Å². The van der Waals surface area contributed by atoms with Crippen molar-refractivity contribution in [1.29, 1.82) is 0 Å². The first kappa shape index (κ1) is 6.20. The highest BCUT2D eigenvalue weighted by Gasteiger charge is 1.58. The van der Waals surface area contributed by atoms with Gasteiger partial charge in [-0.2, -0.15) is 0 Å². The number of halogens is 1. The van der Waals surface area contributed by atoms with Crippen molar-refractivity contribution < 1.29 is 0 Å². The van der Waals surface area contributed by atoms with Gasteiger partial charge in [0.2, 0.25) is 0 Å². The second-order valence-electron chi connectivity index (χ2n) is 0.617. The molecule has 0 unspecified atom stereocenters. The van der Waals surface area contributed by atoms with Crippen LogP contribution in [-0.2, 0) is 0 Å².